The van der Waals surface area contributed by atoms with Crippen LogP contribution in [0.2, 0.25) is 0 Å². The lowest BCUT2D eigenvalue weighted by molar-refractivity contribution is -0.115. The normalized spacial score (nSPS) is 10.4. The van der Waals surface area contributed by atoms with E-state index >= 15 is 0 Å². The van der Waals surface area contributed by atoms with Gasteiger partial charge in [-0.3, -0.25) is 4.79 Å². The van der Waals surface area contributed by atoms with Gasteiger partial charge in [0, 0.05) is 17.1 Å². The van der Waals surface area contributed by atoms with Crippen molar-refractivity contribution in [1.29, 1.82) is 0 Å². The van der Waals surface area contributed by atoms with Gasteiger partial charge in [0.1, 0.15) is 5.82 Å². The minimum atomic E-state index is -0.416. The fourth-order valence-electron chi connectivity index (χ4n) is 1.83. The third-order valence-electron chi connectivity index (χ3n) is 2.88. The lowest BCUT2D eigenvalue weighted by atomic mass is 10.2. The lowest BCUT2D eigenvalue weighted by Gasteiger charge is -2.08. The number of halogens is 1. The van der Waals surface area contributed by atoms with Gasteiger partial charge >= 0.3 is 0 Å². The molecule has 0 heterocycles. The Labute approximate surface area is 127 Å². The number of nitrogens with two attached hydrogens (primary N) is 1. The Morgan fingerprint density at radius 1 is 1.29 bits per heavy atom. The standard InChI is InChI=1S/C16H17FN2OS/c1-11-3-2-4-13(9-11)21-8-7-16(20)19-15-6-5-12(17)10-14(15)18/h2-6,9-10H,7-8,18H2,1H3,(H,19,20). The highest BCUT2D eigenvalue weighted by Crippen LogP contribution is 2.21. The number of hydrogen-bond donors (Lipinski definition) is 2. The summed E-state index contributed by atoms with van der Waals surface area (Å²) in [6, 6.07) is 12.1. The molecule has 0 saturated heterocycles. The molecule has 0 radical (unpaired) electrons. The number of aryl methyl sites for hydroxylation is 1. The van der Waals surface area contributed by atoms with Crippen LogP contribution < -0.4 is 11.1 Å². The van der Waals surface area contributed by atoms with Gasteiger partial charge in [-0.25, -0.2) is 4.39 Å². The number of nitrogens with one attached hydrogen (secondary N) is 1. The molecule has 21 heavy (non-hydrogen) atoms. The number of amides is 1. The maximum absolute atomic E-state index is 12.9. The number of carbonyl (C=O) groups is 1. The van der Waals surface area contributed by atoms with Crippen molar-refractivity contribution in [3.05, 3.63) is 53.8 Å². The molecular weight excluding hydrogens is 287 g/mol. The highest BCUT2D eigenvalue weighted by molar-refractivity contribution is 7.99. The smallest absolute Gasteiger partial charge is 0.225 e. The molecule has 0 bridgehead atoms. The zero-order chi connectivity index (χ0) is 15.2. The van der Waals surface area contributed by atoms with E-state index in [-0.39, 0.29) is 11.6 Å². The van der Waals surface area contributed by atoms with Gasteiger partial charge in [0.2, 0.25) is 5.91 Å². The minimum absolute atomic E-state index is 0.131. The van der Waals surface area contributed by atoms with Crippen LogP contribution in [-0.2, 0) is 4.79 Å². The number of rotatable bonds is 5. The summed E-state index contributed by atoms with van der Waals surface area (Å²) in [5.41, 5.74) is 7.52. The first kappa shape index (κ1) is 15.4. The van der Waals surface area contributed by atoms with E-state index in [4.69, 9.17) is 5.73 Å². The van der Waals surface area contributed by atoms with Crippen molar-refractivity contribution < 1.29 is 9.18 Å². The van der Waals surface area contributed by atoms with E-state index in [0.717, 1.165) is 4.90 Å². The third-order valence-corrected chi connectivity index (χ3v) is 3.87. The highest BCUT2D eigenvalue weighted by atomic mass is 32.2. The first-order valence-electron chi connectivity index (χ1n) is 6.59. The summed E-state index contributed by atoms with van der Waals surface area (Å²) in [4.78, 5) is 13.0. The molecule has 3 nitrogen and oxygen atoms in total. The molecule has 0 aliphatic rings. The summed E-state index contributed by atoms with van der Waals surface area (Å²) >= 11 is 1.63. The Kier molecular flexibility index (Phi) is 5.22. The van der Waals surface area contributed by atoms with Crippen molar-refractivity contribution in [2.24, 2.45) is 0 Å². The molecule has 0 atom stereocenters. The van der Waals surface area contributed by atoms with Gasteiger partial charge < -0.3 is 11.1 Å². The number of nitrogen functional groups attached to an aromatic ring is 1. The van der Waals surface area contributed by atoms with Crippen molar-refractivity contribution in [1.82, 2.24) is 0 Å². The average Bonchev–Trinajstić information content (AvgIpc) is 2.42. The Bertz CT molecular complexity index is 646. The van der Waals surface area contributed by atoms with Crippen molar-refractivity contribution >= 4 is 29.0 Å². The quantitative estimate of drug-likeness (QED) is 0.652. The van der Waals surface area contributed by atoms with Gasteiger partial charge in [-0.15, -0.1) is 11.8 Å². The van der Waals surface area contributed by atoms with Crippen LogP contribution in [0, 0.1) is 12.7 Å². The second-order valence-electron chi connectivity index (χ2n) is 4.69. The fourth-order valence-corrected chi connectivity index (χ4v) is 2.79. The largest absolute Gasteiger partial charge is 0.397 e. The molecule has 2 rings (SSSR count). The average molecular weight is 304 g/mol. The molecule has 0 aliphatic carbocycles. The molecule has 0 fully saturated rings. The molecule has 0 aliphatic heterocycles. The topological polar surface area (TPSA) is 55.1 Å². The monoisotopic (exact) mass is 304 g/mol. The summed E-state index contributed by atoms with van der Waals surface area (Å²) in [7, 11) is 0. The van der Waals surface area contributed by atoms with E-state index in [2.05, 4.69) is 11.4 Å². The van der Waals surface area contributed by atoms with Gasteiger partial charge in [-0.1, -0.05) is 17.7 Å². The summed E-state index contributed by atoms with van der Waals surface area (Å²) in [5.74, 6) is 0.130. The van der Waals surface area contributed by atoms with Gasteiger partial charge in [-0.05, 0) is 37.3 Å². The van der Waals surface area contributed by atoms with Gasteiger partial charge in [0.15, 0.2) is 0 Å². The van der Waals surface area contributed by atoms with Crippen LogP contribution in [0.25, 0.3) is 0 Å². The van der Waals surface area contributed by atoms with Crippen LogP contribution in [0.3, 0.4) is 0 Å². The van der Waals surface area contributed by atoms with E-state index in [1.54, 1.807) is 11.8 Å². The zero-order valence-electron chi connectivity index (χ0n) is 11.7. The summed E-state index contributed by atoms with van der Waals surface area (Å²) in [6.45, 7) is 2.04. The van der Waals surface area contributed by atoms with Crippen LogP contribution in [0.15, 0.2) is 47.4 Å². The van der Waals surface area contributed by atoms with Gasteiger partial charge in [0.25, 0.3) is 0 Å². The first-order chi connectivity index (χ1) is 10.0. The van der Waals surface area contributed by atoms with Crippen molar-refractivity contribution in [2.75, 3.05) is 16.8 Å². The molecule has 110 valence electrons. The van der Waals surface area contributed by atoms with Crippen molar-refractivity contribution in [2.45, 2.75) is 18.2 Å². The molecule has 0 aromatic heterocycles. The van der Waals surface area contributed by atoms with E-state index in [1.165, 1.54) is 23.8 Å². The van der Waals surface area contributed by atoms with Crippen LogP contribution in [0.1, 0.15) is 12.0 Å². The minimum Gasteiger partial charge on any atom is -0.397 e. The summed E-state index contributed by atoms with van der Waals surface area (Å²) in [5, 5.41) is 2.69. The van der Waals surface area contributed by atoms with E-state index in [9.17, 15) is 9.18 Å². The maximum Gasteiger partial charge on any atom is 0.225 e. The number of anilines is 2. The predicted molar refractivity (Wildman–Crippen MR) is 86.0 cm³/mol. The molecule has 2 aromatic carbocycles. The molecule has 0 spiro atoms. The van der Waals surface area contributed by atoms with Crippen molar-refractivity contribution in [3.63, 3.8) is 0 Å². The number of benzene rings is 2. The summed E-state index contributed by atoms with van der Waals surface area (Å²) < 4.78 is 12.9. The summed E-state index contributed by atoms with van der Waals surface area (Å²) in [6.07, 6.45) is 0.370. The SMILES string of the molecule is Cc1cccc(SCCC(=O)Nc2ccc(F)cc2N)c1. The van der Waals surface area contributed by atoms with Gasteiger partial charge in [-0.2, -0.15) is 0 Å². The molecule has 3 N–H and O–H groups in total. The second-order valence-corrected chi connectivity index (χ2v) is 5.86. The molecule has 0 saturated carbocycles. The van der Waals surface area contributed by atoms with E-state index in [0.29, 0.717) is 17.9 Å². The molecular formula is C16H17FN2OS. The fraction of sp³-hybridized carbons (Fsp3) is 0.188. The Hall–Kier alpha value is -2.01. The Balaban J connectivity index is 1.82. The third kappa shape index (κ3) is 4.79. The lowest BCUT2D eigenvalue weighted by Crippen LogP contribution is -2.13. The zero-order valence-corrected chi connectivity index (χ0v) is 12.5. The van der Waals surface area contributed by atoms with Crippen molar-refractivity contribution in [3.8, 4) is 0 Å². The van der Waals surface area contributed by atoms with Crippen LogP contribution in [0.5, 0.6) is 0 Å². The van der Waals surface area contributed by atoms with Crippen LogP contribution >= 0.6 is 11.8 Å². The Morgan fingerprint density at radius 2 is 2.10 bits per heavy atom. The first-order valence-corrected chi connectivity index (χ1v) is 7.57. The number of carbonyl (C=O) groups excluding carboxylic acids is 1. The van der Waals surface area contributed by atoms with Crippen LogP contribution in [-0.4, -0.2) is 11.7 Å². The highest BCUT2D eigenvalue weighted by Gasteiger charge is 2.06. The number of thioether (sulfide) groups is 1. The van der Waals surface area contributed by atoms with E-state index < -0.39 is 5.82 Å². The van der Waals surface area contributed by atoms with Gasteiger partial charge in [0.05, 0.1) is 11.4 Å². The maximum atomic E-state index is 12.9. The molecule has 2 aromatic rings. The van der Waals surface area contributed by atoms with E-state index in [1.807, 2.05) is 25.1 Å². The number of hydrogen-bond acceptors (Lipinski definition) is 3. The molecule has 5 heteroatoms. The predicted octanol–water partition coefficient (Wildman–Crippen LogP) is 3.84. The molecule has 0 unspecified atom stereocenters. The van der Waals surface area contributed by atoms with Crippen LogP contribution in [0.4, 0.5) is 15.8 Å². The second kappa shape index (κ2) is 7.13. The molecule has 1 amide bonds. The Morgan fingerprint density at radius 3 is 2.81 bits per heavy atom.